The Morgan fingerprint density at radius 1 is 1.43 bits per heavy atom. The average Bonchev–Trinajstić information content (AvgIpc) is 2.02. The quantitative estimate of drug-likeness (QED) is 0.808. The van der Waals surface area contributed by atoms with Crippen LogP contribution in [0, 0.1) is 0 Å². The Labute approximate surface area is 89.1 Å². The first-order valence-corrected chi connectivity index (χ1v) is 4.92. The summed E-state index contributed by atoms with van der Waals surface area (Å²) < 4.78 is 0. The molecule has 1 unspecified atom stereocenters. The number of aliphatic hydroxyl groups excluding tert-OH is 1. The summed E-state index contributed by atoms with van der Waals surface area (Å²) in [5, 5.41) is 19.8. The molecule has 0 saturated carbocycles. The number of benzene rings is 1. The van der Waals surface area contributed by atoms with Gasteiger partial charge in [-0.3, -0.25) is 0 Å². The third-order valence-electron chi connectivity index (χ3n) is 2.13. The minimum Gasteiger partial charge on any atom is -0.390 e. The molecule has 0 bridgehead atoms. The van der Waals surface area contributed by atoms with Gasteiger partial charge in [-0.2, -0.15) is 0 Å². The zero-order valence-corrected chi connectivity index (χ0v) is 9.12. The Bertz CT molecular complexity index is 304. The van der Waals surface area contributed by atoms with Crippen molar-refractivity contribution >= 4 is 11.6 Å². The van der Waals surface area contributed by atoms with Crippen molar-refractivity contribution in [1.29, 1.82) is 0 Å². The Balaban J connectivity index is 2.70. The van der Waals surface area contributed by atoms with Crippen LogP contribution in [-0.4, -0.2) is 21.9 Å². The van der Waals surface area contributed by atoms with Crippen LogP contribution in [0.3, 0.4) is 0 Å². The van der Waals surface area contributed by atoms with E-state index in [2.05, 4.69) is 0 Å². The predicted molar refractivity (Wildman–Crippen MR) is 57.5 cm³/mol. The molecular formula is C11H15ClO2. The van der Waals surface area contributed by atoms with Crippen molar-refractivity contribution < 1.29 is 10.2 Å². The SMILES string of the molecule is CC(C)(O)C(O)Cc1cccc(Cl)c1. The Morgan fingerprint density at radius 3 is 2.57 bits per heavy atom. The van der Waals surface area contributed by atoms with Gasteiger partial charge in [-0.05, 0) is 31.5 Å². The molecule has 0 saturated heterocycles. The fraction of sp³-hybridized carbons (Fsp3) is 0.455. The standard InChI is InChI=1S/C11H15ClO2/c1-11(2,14)10(13)7-8-4-3-5-9(12)6-8/h3-6,10,13-14H,7H2,1-2H3. The minimum absolute atomic E-state index is 0.407. The molecule has 0 amide bonds. The van der Waals surface area contributed by atoms with Crippen LogP contribution in [0.2, 0.25) is 5.02 Å². The summed E-state index contributed by atoms with van der Waals surface area (Å²) in [6, 6.07) is 7.27. The maximum atomic E-state index is 9.64. The van der Waals surface area contributed by atoms with E-state index in [-0.39, 0.29) is 0 Å². The van der Waals surface area contributed by atoms with Gasteiger partial charge < -0.3 is 10.2 Å². The second-order valence-electron chi connectivity index (χ2n) is 4.00. The van der Waals surface area contributed by atoms with Crippen LogP contribution in [0.25, 0.3) is 0 Å². The van der Waals surface area contributed by atoms with Crippen LogP contribution < -0.4 is 0 Å². The summed E-state index contributed by atoms with van der Waals surface area (Å²) in [5.74, 6) is 0. The van der Waals surface area contributed by atoms with Crippen molar-refractivity contribution in [1.82, 2.24) is 0 Å². The zero-order valence-electron chi connectivity index (χ0n) is 8.37. The van der Waals surface area contributed by atoms with E-state index < -0.39 is 11.7 Å². The molecule has 14 heavy (non-hydrogen) atoms. The predicted octanol–water partition coefficient (Wildman–Crippen LogP) is 2.01. The van der Waals surface area contributed by atoms with E-state index in [4.69, 9.17) is 11.6 Å². The molecule has 1 aromatic carbocycles. The van der Waals surface area contributed by atoms with Crippen molar-refractivity contribution in [2.75, 3.05) is 0 Å². The Morgan fingerprint density at radius 2 is 2.07 bits per heavy atom. The van der Waals surface area contributed by atoms with E-state index >= 15 is 0 Å². The third-order valence-corrected chi connectivity index (χ3v) is 2.37. The van der Waals surface area contributed by atoms with Crippen molar-refractivity contribution in [2.24, 2.45) is 0 Å². The number of hydrogen-bond donors (Lipinski definition) is 2. The van der Waals surface area contributed by atoms with Gasteiger partial charge in [0.15, 0.2) is 0 Å². The topological polar surface area (TPSA) is 40.5 Å². The summed E-state index contributed by atoms with van der Waals surface area (Å²) in [5.41, 5.74) is -0.158. The Hall–Kier alpha value is -0.570. The average molecular weight is 215 g/mol. The van der Waals surface area contributed by atoms with Crippen LogP contribution in [0.5, 0.6) is 0 Å². The maximum absolute atomic E-state index is 9.64. The lowest BCUT2D eigenvalue weighted by Gasteiger charge is -2.24. The highest BCUT2D eigenvalue weighted by Gasteiger charge is 2.24. The smallest absolute Gasteiger partial charge is 0.0861 e. The fourth-order valence-corrected chi connectivity index (χ4v) is 1.35. The zero-order chi connectivity index (χ0) is 10.8. The molecule has 0 aliphatic heterocycles. The largest absolute Gasteiger partial charge is 0.390 e. The highest BCUT2D eigenvalue weighted by molar-refractivity contribution is 6.30. The highest BCUT2D eigenvalue weighted by Crippen LogP contribution is 2.17. The molecule has 1 rings (SSSR count). The fourth-order valence-electron chi connectivity index (χ4n) is 1.14. The van der Waals surface area contributed by atoms with E-state index in [1.54, 1.807) is 26.0 Å². The number of aliphatic hydroxyl groups is 2. The third kappa shape index (κ3) is 3.29. The number of rotatable bonds is 3. The van der Waals surface area contributed by atoms with Gasteiger partial charge in [0, 0.05) is 11.4 Å². The lowest BCUT2D eigenvalue weighted by Crippen LogP contribution is -2.37. The normalized spacial score (nSPS) is 14.1. The lowest BCUT2D eigenvalue weighted by atomic mass is 9.95. The summed E-state index contributed by atoms with van der Waals surface area (Å²) >= 11 is 5.80. The second-order valence-corrected chi connectivity index (χ2v) is 4.44. The van der Waals surface area contributed by atoms with Crippen molar-refractivity contribution in [3.8, 4) is 0 Å². The summed E-state index contributed by atoms with van der Waals surface area (Å²) in [7, 11) is 0. The number of hydrogen-bond acceptors (Lipinski definition) is 2. The monoisotopic (exact) mass is 214 g/mol. The first-order chi connectivity index (χ1) is 6.39. The molecule has 0 aliphatic rings. The lowest BCUT2D eigenvalue weighted by molar-refractivity contribution is -0.0469. The summed E-state index contributed by atoms with van der Waals surface area (Å²) in [6.45, 7) is 3.17. The van der Waals surface area contributed by atoms with Crippen molar-refractivity contribution in [3.63, 3.8) is 0 Å². The summed E-state index contributed by atoms with van der Waals surface area (Å²) in [6.07, 6.45) is -0.370. The molecule has 78 valence electrons. The van der Waals surface area contributed by atoms with Crippen molar-refractivity contribution in [2.45, 2.75) is 32.0 Å². The van der Waals surface area contributed by atoms with Gasteiger partial charge in [0.1, 0.15) is 0 Å². The van der Waals surface area contributed by atoms with Crippen molar-refractivity contribution in [3.05, 3.63) is 34.9 Å². The minimum atomic E-state index is -1.08. The number of halogens is 1. The van der Waals surface area contributed by atoms with Crippen LogP contribution in [0.15, 0.2) is 24.3 Å². The molecular weight excluding hydrogens is 200 g/mol. The Kier molecular flexibility index (Phi) is 3.53. The van der Waals surface area contributed by atoms with Gasteiger partial charge in [-0.25, -0.2) is 0 Å². The van der Waals surface area contributed by atoms with Gasteiger partial charge >= 0.3 is 0 Å². The molecule has 0 aliphatic carbocycles. The van der Waals surface area contributed by atoms with Gasteiger partial charge in [0.05, 0.1) is 11.7 Å². The van der Waals surface area contributed by atoms with Gasteiger partial charge in [-0.15, -0.1) is 0 Å². The van der Waals surface area contributed by atoms with Crippen LogP contribution in [0.4, 0.5) is 0 Å². The van der Waals surface area contributed by atoms with E-state index in [1.807, 2.05) is 12.1 Å². The maximum Gasteiger partial charge on any atom is 0.0861 e. The molecule has 0 spiro atoms. The van der Waals surface area contributed by atoms with Crippen LogP contribution in [0.1, 0.15) is 19.4 Å². The molecule has 0 aromatic heterocycles. The van der Waals surface area contributed by atoms with Crippen LogP contribution in [-0.2, 0) is 6.42 Å². The van der Waals surface area contributed by atoms with Gasteiger partial charge in [0.2, 0.25) is 0 Å². The molecule has 1 aromatic rings. The molecule has 2 nitrogen and oxygen atoms in total. The molecule has 0 heterocycles. The molecule has 3 heteroatoms. The molecule has 0 fully saturated rings. The van der Waals surface area contributed by atoms with E-state index in [9.17, 15) is 10.2 Å². The van der Waals surface area contributed by atoms with Crippen LogP contribution >= 0.6 is 11.6 Å². The van der Waals surface area contributed by atoms with E-state index in [0.29, 0.717) is 11.4 Å². The molecule has 1 atom stereocenters. The van der Waals surface area contributed by atoms with E-state index in [0.717, 1.165) is 5.56 Å². The van der Waals surface area contributed by atoms with Gasteiger partial charge in [-0.1, -0.05) is 23.7 Å². The highest BCUT2D eigenvalue weighted by atomic mass is 35.5. The first kappa shape index (κ1) is 11.5. The molecule has 2 N–H and O–H groups in total. The summed E-state index contributed by atoms with van der Waals surface area (Å²) in [4.78, 5) is 0. The van der Waals surface area contributed by atoms with Gasteiger partial charge in [0.25, 0.3) is 0 Å². The second kappa shape index (κ2) is 4.30. The first-order valence-electron chi connectivity index (χ1n) is 4.54. The van der Waals surface area contributed by atoms with E-state index in [1.165, 1.54) is 0 Å². The molecule has 0 radical (unpaired) electrons.